The van der Waals surface area contributed by atoms with Crippen LogP contribution in [-0.2, 0) is 0 Å². The van der Waals surface area contributed by atoms with Gasteiger partial charge in [0, 0.05) is 0 Å². The van der Waals surface area contributed by atoms with E-state index in [1.165, 1.54) is 19.4 Å². The summed E-state index contributed by atoms with van der Waals surface area (Å²) in [5.41, 5.74) is 0. The average Bonchev–Trinajstić information content (AvgIpc) is 2.06. The third kappa shape index (κ3) is 10.1. The highest BCUT2D eigenvalue weighted by molar-refractivity contribution is 4.79. The molecule has 0 unspecified atom stereocenters. The summed E-state index contributed by atoms with van der Waals surface area (Å²) in [5, 5.41) is 2.24. The molecule has 0 saturated carbocycles. The molecule has 0 bridgehead atoms. The van der Waals surface area contributed by atoms with Gasteiger partial charge in [0.1, 0.15) is 0 Å². The molecule has 0 amide bonds. The molecule has 0 heterocycles. The highest BCUT2D eigenvalue weighted by Gasteiger charge is 2.03. The van der Waals surface area contributed by atoms with Gasteiger partial charge in [0.2, 0.25) is 0 Å². The lowest BCUT2D eigenvalue weighted by Crippen LogP contribution is -3.00. The van der Waals surface area contributed by atoms with Crippen molar-refractivity contribution in [3.8, 4) is 0 Å². The first-order valence-corrected chi connectivity index (χ1v) is 4.84. The molecule has 0 radical (unpaired) electrons. The molecule has 1 nitrogen and oxygen atoms in total. The fourth-order valence-corrected chi connectivity index (χ4v) is 1.41. The van der Waals surface area contributed by atoms with Crippen molar-refractivity contribution in [3.05, 3.63) is 25.3 Å². The normalized spacial score (nSPS) is 9.38. The number of halogens is 1. The van der Waals surface area contributed by atoms with Gasteiger partial charge in [0.05, 0.1) is 13.6 Å². The molecule has 0 atom stereocenters. The molecular weight excluding hydrogens is 273 g/mol. The minimum atomic E-state index is 0. The van der Waals surface area contributed by atoms with Crippen LogP contribution >= 0.6 is 0 Å². The van der Waals surface area contributed by atoms with Crippen molar-refractivity contribution >= 4 is 0 Å². The highest BCUT2D eigenvalue weighted by Crippen LogP contribution is 2.15. The van der Waals surface area contributed by atoms with Crippen LogP contribution in [0.15, 0.2) is 25.3 Å². The molecule has 13 heavy (non-hydrogen) atoms. The van der Waals surface area contributed by atoms with Gasteiger partial charge in [0.15, 0.2) is 0 Å². The van der Waals surface area contributed by atoms with Crippen LogP contribution in [0.5, 0.6) is 0 Å². The number of rotatable bonds is 8. The SMILES string of the molecule is C=CCC(CC=C)CCC[NH2+]C.[I-]. The number of quaternary nitrogens is 1. The lowest BCUT2D eigenvalue weighted by Gasteiger charge is -2.10. The maximum absolute atomic E-state index is 3.77. The molecule has 0 fully saturated rings. The lowest BCUT2D eigenvalue weighted by molar-refractivity contribution is -0.627. The summed E-state index contributed by atoms with van der Waals surface area (Å²) in [5.74, 6) is 0.778. The summed E-state index contributed by atoms with van der Waals surface area (Å²) < 4.78 is 0. The van der Waals surface area contributed by atoms with Crippen molar-refractivity contribution in [1.82, 2.24) is 0 Å². The van der Waals surface area contributed by atoms with E-state index in [1.807, 2.05) is 12.2 Å². The van der Waals surface area contributed by atoms with E-state index in [9.17, 15) is 0 Å². The molecule has 2 heteroatoms. The van der Waals surface area contributed by atoms with Crippen LogP contribution in [-0.4, -0.2) is 13.6 Å². The molecule has 0 aromatic heterocycles. The van der Waals surface area contributed by atoms with Crippen LogP contribution in [0.25, 0.3) is 0 Å². The predicted molar refractivity (Wildman–Crippen MR) is 55.1 cm³/mol. The highest BCUT2D eigenvalue weighted by atomic mass is 127. The van der Waals surface area contributed by atoms with Gasteiger partial charge in [0.25, 0.3) is 0 Å². The molecule has 0 aliphatic heterocycles. The molecule has 0 rings (SSSR count). The number of nitrogens with two attached hydrogens (primary N) is 1. The minimum absolute atomic E-state index is 0. The Bertz CT molecular complexity index is 113. The monoisotopic (exact) mass is 295 g/mol. The van der Waals surface area contributed by atoms with Crippen molar-refractivity contribution in [2.45, 2.75) is 25.7 Å². The summed E-state index contributed by atoms with van der Waals surface area (Å²) in [4.78, 5) is 0. The smallest absolute Gasteiger partial charge is 0.0753 e. The fourth-order valence-electron chi connectivity index (χ4n) is 1.41. The molecule has 0 saturated heterocycles. The van der Waals surface area contributed by atoms with Gasteiger partial charge in [-0.3, -0.25) is 0 Å². The van der Waals surface area contributed by atoms with Gasteiger partial charge in [-0.15, -0.1) is 13.2 Å². The van der Waals surface area contributed by atoms with Crippen LogP contribution in [0.3, 0.4) is 0 Å². The Morgan fingerprint density at radius 3 is 2.15 bits per heavy atom. The van der Waals surface area contributed by atoms with Crippen LogP contribution in [0, 0.1) is 5.92 Å². The average molecular weight is 295 g/mol. The zero-order valence-electron chi connectivity index (χ0n) is 8.64. The number of allylic oxidation sites excluding steroid dienone is 2. The Hall–Kier alpha value is 0.170. The Morgan fingerprint density at radius 2 is 1.77 bits per heavy atom. The van der Waals surface area contributed by atoms with Crippen molar-refractivity contribution in [2.24, 2.45) is 5.92 Å². The summed E-state index contributed by atoms with van der Waals surface area (Å²) >= 11 is 0. The summed E-state index contributed by atoms with van der Waals surface area (Å²) in [7, 11) is 2.12. The zero-order valence-corrected chi connectivity index (χ0v) is 10.8. The van der Waals surface area contributed by atoms with E-state index in [0.717, 1.165) is 18.8 Å². The van der Waals surface area contributed by atoms with Crippen LogP contribution in [0.2, 0.25) is 0 Å². The number of hydrogen-bond donors (Lipinski definition) is 1. The molecule has 0 aliphatic carbocycles. The minimum Gasteiger partial charge on any atom is -1.00 e. The molecule has 78 valence electrons. The molecule has 0 aliphatic rings. The Balaban J connectivity index is 0. The van der Waals surface area contributed by atoms with Crippen LogP contribution in [0.1, 0.15) is 25.7 Å². The van der Waals surface area contributed by atoms with E-state index >= 15 is 0 Å². The first kappa shape index (κ1) is 15.6. The van der Waals surface area contributed by atoms with Crippen LogP contribution in [0.4, 0.5) is 0 Å². The molecule has 0 spiro atoms. The van der Waals surface area contributed by atoms with Gasteiger partial charge in [-0.1, -0.05) is 12.2 Å². The van der Waals surface area contributed by atoms with Gasteiger partial charge in [-0.25, -0.2) is 0 Å². The Morgan fingerprint density at radius 1 is 1.23 bits per heavy atom. The zero-order chi connectivity index (χ0) is 9.23. The van der Waals surface area contributed by atoms with Crippen molar-refractivity contribution in [3.63, 3.8) is 0 Å². The van der Waals surface area contributed by atoms with E-state index in [-0.39, 0.29) is 24.0 Å². The molecular formula is C11H22IN. The first-order chi connectivity index (χ1) is 5.85. The topological polar surface area (TPSA) is 16.6 Å². The second kappa shape index (κ2) is 12.2. The Labute approximate surface area is 99.7 Å². The predicted octanol–water partition coefficient (Wildman–Crippen LogP) is -1.27. The number of hydrogen-bond acceptors (Lipinski definition) is 0. The first-order valence-electron chi connectivity index (χ1n) is 4.84. The van der Waals surface area contributed by atoms with Crippen molar-refractivity contribution in [1.29, 1.82) is 0 Å². The maximum Gasteiger partial charge on any atom is 0.0753 e. The van der Waals surface area contributed by atoms with Gasteiger partial charge >= 0.3 is 0 Å². The van der Waals surface area contributed by atoms with Gasteiger partial charge < -0.3 is 29.3 Å². The van der Waals surface area contributed by atoms with E-state index in [2.05, 4.69) is 25.5 Å². The van der Waals surface area contributed by atoms with E-state index in [4.69, 9.17) is 0 Å². The largest absolute Gasteiger partial charge is 1.00 e. The van der Waals surface area contributed by atoms with E-state index in [0.29, 0.717) is 0 Å². The van der Waals surface area contributed by atoms with E-state index in [1.54, 1.807) is 0 Å². The fraction of sp³-hybridized carbons (Fsp3) is 0.636. The second-order valence-electron chi connectivity index (χ2n) is 3.25. The van der Waals surface area contributed by atoms with Gasteiger partial charge in [-0.05, 0) is 31.6 Å². The van der Waals surface area contributed by atoms with Crippen LogP contribution < -0.4 is 29.3 Å². The lowest BCUT2D eigenvalue weighted by atomic mass is 9.96. The standard InChI is InChI=1S/C11H21N.HI/c1-4-7-11(8-5-2)9-6-10-12-3;/h4-5,11-12H,1-2,6-10H2,3H3;1H. The van der Waals surface area contributed by atoms with Crippen molar-refractivity contribution in [2.75, 3.05) is 13.6 Å². The Kier molecular flexibility index (Phi) is 14.6. The second-order valence-corrected chi connectivity index (χ2v) is 3.25. The molecule has 0 aromatic carbocycles. The summed E-state index contributed by atoms with van der Waals surface area (Å²) in [6.07, 6.45) is 8.92. The summed E-state index contributed by atoms with van der Waals surface area (Å²) in [6.45, 7) is 8.78. The van der Waals surface area contributed by atoms with E-state index < -0.39 is 0 Å². The quantitative estimate of drug-likeness (QED) is 0.327. The summed E-state index contributed by atoms with van der Waals surface area (Å²) in [6, 6.07) is 0. The molecule has 0 aromatic rings. The van der Waals surface area contributed by atoms with Crippen molar-refractivity contribution < 1.29 is 29.3 Å². The van der Waals surface area contributed by atoms with Gasteiger partial charge in [-0.2, -0.15) is 0 Å². The third-order valence-corrected chi connectivity index (χ3v) is 2.11. The molecule has 2 N–H and O–H groups in total. The maximum atomic E-state index is 3.77. The third-order valence-electron chi connectivity index (χ3n) is 2.11.